The van der Waals surface area contributed by atoms with Crippen molar-refractivity contribution in [3.63, 3.8) is 0 Å². The number of hydrogen-bond donors (Lipinski definition) is 0. The molecule has 0 saturated carbocycles. The van der Waals surface area contributed by atoms with E-state index in [0.29, 0.717) is 0 Å². The summed E-state index contributed by atoms with van der Waals surface area (Å²) in [4.78, 5) is 0. The molecule has 14 rings (SSSR count). The normalized spacial score (nSPS) is 13.1. The third kappa shape index (κ3) is 5.44. The lowest BCUT2D eigenvalue weighted by Crippen LogP contribution is -2.15. The highest BCUT2D eigenvalue weighted by atomic mass is 16.3. The fourth-order valence-electron chi connectivity index (χ4n) is 11.1. The molecule has 3 heterocycles. The molecule has 13 aromatic rings. The van der Waals surface area contributed by atoms with E-state index < -0.39 is 0 Å². The van der Waals surface area contributed by atoms with Crippen LogP contribution >= 0.6 is 0 Å². The van der Waals surface area contributed by atoms with Gasteiger partial charge >= 0.3 is 0 Å². The van der Waals surface area contributed by atoms with Crippen LogP contribution in [0.2, 0.25) is 0 Å². The number of hydrogen-bond acceptors (Lipinski definition) is 2. The van der Waals surface area contributed by atoms with Crippen LogP contribution in [0.4, 0.5) is 0 Å². The predicted octanol–water partition coefficient (Wildman–Crippen LogP) is 17.6. The summed E-state index contributed by atoms with van der Waals surface area (Å²) in [7, 11) is 0. The van der Waals surface area contributed by atoms with Gasteiger partial charge in [-0.25, -0.2) is 0 Å². The summed E-state index contributed by atoms with van der Waals surface area (Å²) in [5, 5.41) is 7.04. The summed E-state index contributed by atoms with van der Waals surface area (Å²) in [6, 6.07) is 77.2. The Morgan fingerprint density at radius 3 is 1.26 bits per heavy atom. The van der Waals surface area contributed by atoms with Gasteiger partial charge in [-0.05, 0) is 152 Å². The monoisotopic (exact) mass is 843 g/mol. The minimum atomic E-state index is -0.226. The van der Waals surface area contributed by atoms with E-state index in [0.717, 1.165) is 55.1 Å². The van der Waals surface area contributed by atoms with Gasteiger partial charge in [0.25, 0.3) is 0 Å². The molecule has 0 radical (unpaired) electrons. The zero-order valence-electron chi connectivity index (χ0n) is 36.5. The maximum absolute atomic E-state index is 6.40. The molecule has 0 saturated heterocycles. The molecule has 0 unspecified atom stereocenters. The van der Waals surface area contributed by atoms with Crippen molar-refractivity contribution in [1.29, 1.82) is 0 Å². The van der Waals surface area contributed by atoms with E-state index in [1.807, 2.05) is 0 Å². The Kier molecular flexibility index (Phi) is 7.74. The van der Waals surface area contributed by atoms with Gasteiger partial charge in [-0.2, -0.15) is 0 Å². The second kappa shape index (κ2) is 13.8. The van der Waals surface area contributed by atoms with Gasteiger partial charge in [-0.3, -0.25) is 0 Å². The summed E-state index contributed by atoms with van der Waals surface area (Å²) in [6.07, 6.45) is 0. The first kappa shape index (κ1) is 37.0. The van der Waals surface area contributed by atoms with E-state index in [9.17, 15) is 0 Å². The number of furan rings is 2. The van der Waals surface area contributed by atoms with E-state index in [-0.39, 0.29) is 5.41 Å². The average molecular weight is 844 g/mol. The van der Waals surface area contributed by atoms with Gasteiger partial charge in [0.1, 0.15) is 22.3 Å². The van der Waals surface area contributed by atoms with E-state index in [4.69, 9.17) is 8.83 Å². The summed E-state index contributed by atoms with van der Waals surface area (Å²) in [6.45, 7) is 4.78. The lowest BCUT2D eigenvalue weighted by Gasteiger charge is -2.22. The third-order valence-corrected chi connectivity index (χ3v) is 14.4. The summed E-state index contributed by atoms with van der Waals surface area (Å²) in [5.74, 6) is 0. The van der Waals surface area contributed by atoms with Crippen molar-refractivity contribution in [2.75, 3.05) is 0 Å². The molecule has 0 bridgehead atoms. The highest BCUT2D eigenvalue weighted by Gasteiger charge is 2.38. The molecule has 3 nitrogen and oxygen atoms in total. The lowest BCUT2D eigenvalue weighted by molar-refractivity contribution is 0.661. The van der Waals surface area contributed by atoms with Crippen molar-refractivity contribution in [2.45, 2.75) is 19.3 Å². The number of para-hydroxylation sites is 1. The quantitative estimate of drug-likeness (QED) is 0.173. The zero-order chi connectivity index (χ0) is 43.7. The summed E-state index contributed by atoms with van der Waals surface area (Å²) in [5.41, 5.74) is 21.7. The second-order valence-electron chi connectivity index (χ2n) is 18.5. The number of rotatable bonds is 5. The summed E-state index contributed by atoms with van der Waals surface area (Å²) < 4.78 is 15.2. The molecule has 10 aromatic carbocycles. The minimum Gasteiger partial charge on any atom is -0.456 e. The zero-order valence-corrected chi connectivity index (χ0v) is 36.5. The Morgan fingerprint density at radius 1 is 0.333 bits per heavy atom. The van der Waals surface area contributed by atoms with Crippen LogP contribution in [0.3, 0.4) is 0 Å². The van der Waals surface area contributed by atoms with E-state index in [2.05, 4.69) is 231 Å². The highest BCUT2D eigenvalue weighted by molar-refractivity contribution is 6.19. The maximum atomic E-state index is 6.40. The first-order chi connectivity index (χ1) is 32.4. The van der Waals surface area contributed by atoms with Gasteiger partial charge in [0, 0.05) is 43.4 Å². The molecule has 3 aromatic heterocycles. The van der Waals surface area contributed by atoms with Gasteiger partial charge in [-0.15, -0.1) is 0 Å². The minimum absolute atomic E-state index is 0.226. The Morgan fingerprint density at radius 2 is 0.742 bits per heavy atom. The van der Waals surface area contributed by atoms with Crippen LogP contribution in [0.1, 0.15) is 25.0 Å². The van der Waals surface area contributed by atoms with Crippen molar-refractivity contribution in [2.24, 2.45) is 0 Å². The van der Waals surface area contributed by atoms with Crippen molar-refractivity contribution in [3.05, 3.63) is 223 Å². The fraction of sp³-hybridized carbons (Fsp3) is 0.0476. The fourth-order valence-corrected chi connectivity index (χ4v) is 11.1. The molecule has 66 heavy (non-hydrogen) atoms. The molecule has 0 spiro atoms. The highest BCUT2D eigenvalue weighted by Crippen LogP contribution is 2.54. The van der Waals surface area contributed by atoms with Gasteiger partial charge in [0.05, 0.1) is 11.0 Å². The lowest BCUT2D eigenvalue weighted by atomic mass is 9.81. The molecule has 0 aliphatic heterocycles. The van der Waals surface area contributed by atoms with E-state index in [1.165, 1.54) is 83.0 Å². The van der Waals surface area contributed by atoms with Crippen LogP contribution in [0.15, 0.2) is 221 Å². The predicted molar refractivity (Wildman–Crippen MR) is 275 cm³/mol. The van der Waals surface area contributed by atoms with E-state index in [1.54, 1.807) is 0 Å². The Balaban J connectivity index is 0.935. The molecule has 1 aliphatic rings. The number of fused-ring (bicyclic) bond motifs is 13. The Bertz CT molecular complexity index is 4110. The number of benzene rings is 10. The van der Waals surface area contributed by atoms with Crippen molar-refractivity contribution >= 4 is 65.7 Å². The van der Waals surface area contributed by atoms with Gasteiger partial charge in [-0.1, -0.05) is 141 Å². The molecule has 310 valence electrons. The smallest absolute Gasteiger partial charge is 0.135 e. The van der Waals surface area contributed by atoms with Crippen molar-refractivity contribution in [3.8, 4) is 61.3 Å². The average Bonchev–Trinajstić information content (AvgIpc) is 4.09. The van der Waals surface area contributed by atoms with Crippen LogP contribution < -0.4 is 0 Å². The van der Waals surface area contributed by atoms with Crippen LogP contribution in [0.25, 0.3) is 127 Å². The topological polar surface area (TPSA) is 31.2 Å². The van der Waals surface area contributed by atoms with Crippen LogP contribution in [-0.4, -0.2) is 4.57 Å². The summed E-state index contributed by atoms with van der Waals surface area (Å²) >= 11 is 0. The molecule has 0 atom stereocenters. The molecule has 3 heteroatoms. The first-order valence-electron chi connectivity index (χ1n) is 22.8. The number of nitrogens with zero attached hydrogens (tertiary/aromatic N) is 1. The molecule has 0 N–H and O–H groups in total. The van der Waals surface area contributed by atoms with Crippen molar-refractivity contribution < 1.29 is 8.83 Å². The molecule has 0 amide bonds. The van der Waals surface area contributed by atoms with Gasteiger partial charge in [0.15, 0.2) is 0 Å². The van der Waals surface area contributed by atoms with Crippen LogP contribution in [0.5, 0.6) is 0 Å². The SMILES string of the molecule is CC1(C)c2cc(-c3ccc4oc5ccc(-c6ccccc6)cc5c4c3)ccc2-c2c1ccc1c2c2cc(-c3ccc4oc5ccc(-c6ccccc6)cc5c4c3)ccc2n1-c1ccccc1. The molecular formula is C63H41NO2. The second-order valence-corrected chi connectivity index (χ2v) is 18.5. The number of aromatic nitrogens is 1. The Hall–Kier alpha value is -8.40. The van der Waals surface area contributed by atoms with Crippen LogP contribution in [0, 0.1) is 0 Å². The largest absolute Gasteiger partial charge is 0.456 e. The third-order valence-electron chi connectivity index (χ3n) is 14.4. The molecular weight excluding hydrogens is 803 g/mol. The molecule has 1 aliphatic carbocycles. The molecule has 0 fully saturated rings. The van der Waals surface area contributed by atoms with Crippen LogP contribution in [-0.2, 0) is 5.41 Å². The standard InChI is InChI=1S/C63H41NO2/c1-63(2)53-25-27-56-62(61(53)47-24-18-45(37-54(47)63)44-23-31-60-51(35-44)49-33-41(21-29-58(49)66-60)39-14-8-4-9-15-39)52-36-42(19-26-55(52)64(56)46-16-10-5-11-17-46)43-22-30-59-50(34-43)48-32-40(20-28-57(48)65-59)38-12-6-3-7-13-38/h3-37H,1-2H3. The van der Waals surface area contributed by atoms with Gasteiger partial charge in [0.2, 0.25) is 0 Å². The first-order valence-corrected chi connectivity index (χ1v) is 22.8. The van der Waals surface area contributed by atoms with Gasteiger partial charge < -0.3 is 13.4 Å². The Labute approximate surface area is 381 Å². The van der Waals surface area contributed by atoms with E-state index >= 15 is 0 Å². The maximum Gasteiger partial charge on any atom is 0.135 e. The van der Waals surface area contributed by atoms with Crippen molar-refractivity contribution in [1.82, 2.24) is 4.57 Å².